The van der Waals surface area contributed by atoms with Crippen LogP contribution in [0.25, 0.3) is 0 Å². The molecule has 0 fully saturated rings. The molecule has 0 amide bonds. The standard InChI is InChI=1S/C14H15BrN2O2S/c1-2-3-11-7-13(19)17-14(16-11)20-12-6-10(15)5-4-9(12)8-18/h4-7,18H,2-3,8H2,1H3,(H,16,17,19). The maximum atomic E-state index is 11.6. The van der Waals surface area contributed by atoms with Crippen molar-refractivity contribution in [1.82, 2.24) is 9.97 Å². The minimum absolute atomic E-state index is 0.0471. The molecular formula is C14H15BrN2O2S. The van der Waals surface area contributed by atoms with Crippen molar-refractivity contribution in [2.24, 2.45) is 0 Å². The number of aromatic amines is 1. The molecule has 0 saturated heterocycles. The van der Waals surface area contributed by atoms with E-state index in [0.717, 1.165) is 33.5 Å². The Morgan fingerprint density at radius 1 is 1.40 bits per heavy atom. The molecule has 1 heterocycles. The van der Waals surface area contributed by atoms with Crippen molar-refractivity contribution in [3.63, 3.8) is 0 Å². The molecule has 1 aromatic carbocycles. The fourth-order valence-corrected chi connectivity index (χ4v) is 3.26. The number of aromatic nitrogens is 2. The lowest BCUT2D eigenvalue weighted by atomic mass is 10.2. The number of hydrogen-bond acceptors (Lipinski definition) is 4. The summed E-state index contributed by atoms with van der Waals surface area (Å²) in [5.41, 5.74) is 1.45. The van der Waals surface area contributed by atoms with Crippen LogP contribution in [0.5, 0.6) is 0 Å². The third-order valence-electron chi connectivity index (χ3n) is 2.69. The molecule has 0 aliphatic rings. The zero-order chi connectivity index (χ0) is 14.5. The highest BCUT2D eigenvalue weighted by atomic mass is 79.9. The lowest BCUT2D eigenvalue weighted by Crippen LogP contribution is -2.10. The first-order valence-electron chi connectivity index (χ1n) is 6.29. The van der Waals surface area contributed by atoms with Crippen molar-refractivity contribution in [3.8, 4) is 0 Å². The summed E-state index contributed by atoms with van der Waals surface area (Å²) in [7, 11) is 0. The van der Waals surface area contributed by atoms with Crippen LogP contribution in [0, 0.1) is 0 Å². The summed E-state index contributed by atoms with van der Waals surface area (Å²) in [5, 5.41) is 9.91. The van der Waals surface area contributed by atoms with Gasteiger partial charge >= 0.3 is 0 Å². The molecule has 0 aliphatic carbocycles. The molecule has 2 rings (SSSR count). The first kappa shape index (κ1) is 15.3. The van der Waals surface area contributed by atoms with Crippen LogP contribution < -0.4 is 5.56 Å². The number of aliphatic hydroxyl groups is 1. The zero-order valence-corrected chi connectivity index (χ0v) is 13.4. The topological polar surface area (TPSA) is 66.0 Å². The van der Waals surface area contributed by atoms with Crippen molar-refractivity contribution in [3.05, 3.63) is 50.3 Å². The van der Waals surface area contributed by atoms with Gasteiger partial charge in [-0.25, -0.2) is 4.98 Å². The Bertz CT molecular complexity index is 658. The summed E-state index contributed by atoms with van der Waals surface area (Å²) in [6, 6.07) is 7.16. The van der Waals surface area contributed by atoms with E-state index < -0.39 is 0 Å². The number of hydrogen-bond donors (Lipinski definition) is 2. The molecule has 1 aromatic heterocycles. The van der Waals surface area contributed by atoms with Gasteiger partial charge in [-0.2, -0.15) is 0 Å². The average molecular weight is 355 g/mol. The first-order chi connectivity index (χ1) is 9.62. The molecule has 6 heteroatoms. The molecule has 0 radical (unpaired) electrons. The van der Waals surface area contributed by atoms with Crippen molar-refractivity contribution < 1.29 is 5.11 Å². The molecule has 0 unspecified atom stereocenters. The van der Waals surface area contributed by atoms with Gasteiger partial charge in [0.2, 0.25) is 0 Å². The maximum absolute atomic E-state index is 11.6. The third kappa shape index (κ3) is 3.94. The number of nitrogens with one attached hydrogen (secondary N) is 1. The highest BCUT2D eigenvalue weighted by molar-refractivity contribution is 9.10. The van der Waals surface area contributed by atoms with Gasteiger partial charge in [0.1, 0.15) is 0 Å². The Hall–Kier alpha value is -1.11. The van der Waals surface area contributed by atoms with E-state index >= 15 is 0 Å². The quantitative estimate of drug-likeness (QED) is 0.809. The van der Waals surface area contributed by atoms with E-state index in [1.807, 2.05) is 25.1 Å². The van der Waals surface area contributed by atoms with Crippen LogP contribution in [-0.4, -0.2) is 15.1 Å². The molecule has 0 spiro atoms. The van der Waals surface area contributed by atoms with Gasteiger partial charge < -0.3 is 10.1 Å². The van der Waals surface area contributed by atoms with Gasteiger partial charge in [-0.05, 0) is 24.1 Å². The Labute approximate surface area is 129 Å². The fraction of sp³-hybridized carbons (Fsp3) is 0.286. The number of aliphatic hydroxyl groups excluding tert-OH is 1. The van der Waals surface area contributed by atoms with Crippen molar-refractivity contribution in [1.29, 1.82) is 0 Å². The van der Waals surface area contributed by atoms with Crippen LogP contribution in [-0.2, 0) is 13.0 Å². The van der Waals surface area contributed by atoms with Gasteiger partial charge in [0.15, 0.2) is 5.16 Å². The predicted octanol–water partition coefficient (Wildman–Crippen LogP) is 3.13. The van der Waals surface area contributed by atoms with Crippen LogP contribution in [0.2, 0.25) is 0 Å². The van der Waals surface area contributed by atoms with Gasteiger partial charge in [-0.15, -0.1) is 0 Å². The van der Waals surface area contributed by atoms with E-state index in [1.165, 1.54) is 17.8 Å². The summed E-state index contributed by atoms with van der Waals surface area (Å²) in [6.07, 6.45) is 1.72. The van der Waals surface area contributed by atoms with Crippen LogP contribution >= 0.6 is 27.7 Å². The monoisotopic (exact) mass is 354 g/mol. The summed E-state index contributed by atoms with van der Waals surface area (Å²) in [5.74, 6) is 0. The molecule has 0 bridgehead atoms. The van der Waals surface area contributed by atoms with Crippen molar-refractivity contribution in [2.75, 3.05) is 0 Å². The lowest BCUT2D eigenvalue weighted by molar-refractivity contribution is 0.279. The number of benzene rings is 1. The minimum Gasteiger partial charge on any atom is -0.392 e. The molecular weight excluding hydrogens is 340 g/mol. The van der Waals surface area contributed by atoms with Gasteiger partial charge in [-0.1, -0.05) is 47.1 Å². The van der Waals surface area contributed by atoms with Crippen molar-refractivity contribution in [2.45, 2.75) is 36.4 Å². The first-order valence-corrected chi connectivity index (χ1v) is 7.90. The van der Waals surface area contributed by atoms with Gasteiger partial charge in [0, 0.05) is 21.1 Å². The molecule has 0 atom stereocenters. The maximum Gasteiger partial charge on any atom is 0.251 e. The second-order valence-electron chi connectivity index (χ2n) is 4.30. The Balaban J connectivity index is 2.34. The van der Waals surface area contributed by atoms with Crippen LogP contribution in [0.3, 0.4) is 0 Å². The smallest absolute Gasteiger partial charge is 0.251 e. The molecule has 2 aromatic rings. The average Bonchev–Trinajstić information content (AvgIpc) is 2.38. The highest BCUT2D eigenvalue weighted by Crippen LogP contribution is 2.30. The second kappa shape index (κ2) is 7.06. The molecule has 2 N–H and O–H groups in total. The fourth-order valence-electron chi connectivity index (χ4n) is 1.77. The predicted molar refractivity (Wildman–Crippen MR) is 83.0 cm³/mol. The van der Waals surface area contributed by atoms with Crippen LogP contribution in [0.15, 0.2) is 43.6 Å². The highest BCUT2D eigenvalue weighted by Gasteiger charge is 2.08. The summed E-state index contributed by atoms with van der Waals surface area (Å²) in [4.78, 5) is 19.7. The van der Waals surface area contributed by atoms with E-state index in [2.05, 4.69) is 25.9 Å². The Morgan fingerprint density at radius 2 is 2.20 bits per heavy atom. The van der Waals surface area contributed by atoms with Crippen molar-refractivity contribution >= 4 is 27.7 Å². The number of aryl methyl sites for hydroxylation is 1. The number of H-pyrrole nitrogens is 1. The van der Waals surface area contributed by atoms with Gasteiger partial charge in [0.05, 0.1) is 6.61 Å². The molecule has 0 aliphatic heterocycles. The molecule has 4 nitrogen and oxygen atoms in total. The third-order valence-corrected chi connectivity index (χ3v) is 4.17. The SMILES string of the molecule is CCCc1cc(=O)[nH]c(Sc2cc(Br)ccc2CO)n1. The normalized spacial score (nSPS) is 10.8. The summed E-state index contributed by atoms with van der Waals surface area (Å²) in [6.45, 7) is 2.00. The summed E-state index contributed by atoms with van der Waals surface area (Å²) >= 11 is 4.76. The van der Waals surface area contributed by atoms with E-state index in [0.29, 0.717) is 5.16 Å². The van der Waals surface area contributed by atoms with E-state index in [9.17, 15) is 9.90 Å². The van der Waals surface area contributed by atoms with Crippen LogP contribution in [0.4, 0.5) is 0 Å². The largest absolute Gasteiger partial charge is 0.392 e. The number of rotatable bonds is 5. The van der Waals surface area contributed by atoms with E-state index in [4.69, 9.17) is 0 Å². The Morgan fingerprint density at radius 3 is 2.90 bits per heavy atom. The molecule has 106 valence electrons. The molecule has 20 heavy (non-hydrogen) atoms. The van der Waals surface area contributed by atoms with Gasteiger partial charge in [-0.3, -0.25) is 4.79 Å². The Kier molecular flexibility index (Phi) is 5.39. The number of nitrogens with zero attached hydrogens (tertiary/aromatic N) is 1. The van der Waals surface area contributed by atoms with E-state index in [1.54, 1.807) is 0 Å². The second-order valence-corrected chi connectivity index (χ2v) is 6.25. The van der Waals surface area contributed by atoms with Gasteiger partial charge in [0.25, 0.3) is 5.56 Å². The summed E-state index contributed by atoms with van der Waals surface area (Å²) < 4.78 is 0.921. The zero-order valence-electron chi connectivity index (χ0n) is 11.0. The lowest BCUT2D eigenvalue weighted by Gasteiger charge is -2.08. The minimum atomic E-state index is -0.147. The van der Waals surface area contributed by atoms with Crippen LogP contribution in [0.1, 0.15) is 24.6 Å². The molecule has 0 saturated carbocycles. The number of halogens is 1. The van der Waals surface area contributed by atoms with E-state index in [-0.39, 0.29) is 12.2 Å².